The molecule has 0 aromatic heterocycles. The number of rotatable bonds is 1. The number of nitrogens with one attached hydrogen (secondary N) is 1. The first-order valence-corrected chi connectivity index (χ1v) is 5.75. The molecule has 0 saturated heterocycles. The van der Waals surface area contributed by atoms with Crippen LogP contribution in [0.5, 0.6) is 0 Å². The van der Waals surface area contributed by atoms with Gasteiger partial charge < -0.3 is 45.5 Å². The van der Waals surface area contributed by atoms with Crippen molar-refractivity contribution in [3.63, 3.8) is 0 Å². The van der Waals surface area contributed by atoms with Crippen LogP contribution in [0.3, 0.4) is 0 Å². The summed E-state index contributed by atoms with van der Waals surface area (Å²) in [4.78, 5) is 0. The monoisotopic (exact) mass is 357 g/mol. The van der Waals surface area contributed by atoms with Gasteiger partial charge in [0.15, 0.2) is 0 Å². The van der Waals surface area contributed by atoms with E-state index in [2.05, 4.69) is 33.0 Å². The Labute approximate surface area is 133 Å². The van der Waals surface area contributed by atoms with Gasteiger partial charge in [0.2, 0.25) is 0 Å². The van der Waals surface area contributed by atoms with Gasteiger partial charge in [-0.2, -0.15) is 0 Å². The molecule has 17 heteroatoms. The predicted molar refractivity (Wildman–Crippen MR) is 78.6 cm³/mol. The Morgan fingerprint density at radius 2 is 0.783 bits per heavy atom. The molecule has 0 rings (SSSR count). The van der Waals surface area contributed by atoms with Crippen LogP contribution in [-0.2, 0) is 0 Å². The molecular weight excluding hydrogens is 333 g/mol. The average molecular weight is 356 g/mol. The standard InChI is InChI=1S/C6H15N.4BFH2O2/c1-5-7-6(2,3)4;4*2-1(3)4/h7H,5H2,1-4H3;4*3-4H. The molecule has 0 atom stereocenters. The summed E-state index contributed by atoms with van der Waals surface area (Å²) in [7, 11) is -10.7. The van der Waals surface area contributed by atoms with Gasteiger partial charge in [0.25, 0.3) is 0 Å². The summed E-state index contributed by atoms with van der Waals surface area (Å²) in [6, 6.07) is 0. The van der Waals surface area contributed by atoms with Crippen LogP contribution in [-0.4, -0.2) is 81.9 Å². The molecule has 0 bridgehead atoms. The summed E-state index contributed by atoms with van der Waals surface area (Å²) < 4.78 is 40.4. The quantitative estimate of drug-likeness (QED) is 0.176. The highest BCUT2D eigenvalue weighted by Gasteiger charge is 2.04. The van der Waals surface area contributed by atoms with Gasteiger partial charge in [0.1, 0.15) is 0 Å². The first-order chi connectivity index (χ1) is 9.99. The molecule has 0 aliphatic carbocycles. The molecule has 0 heterocycles. The Balaban J connectivity index is -0.0000000604. The Kier molecular flexibility index (Phi) is 35.4. The third-order valence-electron chi connectivity index (χ3n) is 0.707. The van der Waals surface area contributed by atoms with Crippen LogP contribution in [0.4, 0.5) is 17.3 Å². The van der Waals surface area contributed by atoms with Crippen molar-refractivity contribution >= 4 is 29.6 Å². The van der Waals surface area contributed by atoms with Gasteiger partial charge in [-0.1, -0.05) is 6.92 Å². The molecule has 0 fully saturated rings. The first-order valence-electron chi connectivity index (χ1n) is 5.75. The van der Waals surface area contributed by atoms with Gasteiger partial charge >= 0.3 is 29.6 Å². The summed E-state index contributed by atoms with van der Waals surface area (Å²) in [5.41, 5.74) is 0.300. The first kappa shape index (κ1) is 34.1. The highest BCUT2D eigenvalue weighted by Crippen LogP contribution is 1.95. The molecule has 0 radical (unpaired) electrons. The lowest BCUT2D eigenvalue weighted by Crippen LogP contribution is -2.35. The van der Waals surface area contributed by atoms with Crippen molar-refractivity contribution in [1.29, 1.82) is 0 Å². The number of hydrogen-bond donors (Lipinski definition) is 9. The molecule has 23 heavy (non-hydrogen) atoms. The molecule has 0 aromatic rings. The van der Waals surface area contributed by atoms with Crippen LogP contribution in [0.15, 0.2) is 0 Å². The Morgan fingerprint density at radius 3 is 0.783 bits per heavy atom. The van der Waals surface area contributed by atoms with Crippen LogP contribution in [0.1, 0.15) is 27.7 Å². The van der Waals surface area contributed by atoms with E-state index in [1.807, 2.05) is 0 Å². The topological polar surface area (TPSA) is 174 Å². The van der Waals surface area contributed by atoms with Gasteiger partial charge in [0.05, 0.1) is 0 Å². The summed E-state index contributed by atoms with van der Waals surface area (Å²) >= 11 is 0. The van der Waals surface area contributed by atoms with Gasteiger partial charge in [-0.25, -0.2) is 0 Å². The van der Waals surface area contributed by atoms with Crippen LogP contribution in [0.25, 0.3) is 0 Å². The molecule has 0 aliphatic heterocycles. The molecule has 9 N–H and O–H groups in total. The van der Waals surface area contributed by atoms with Crippen LogP contribution in [0, 0.1) is 0 Å². The molecule has 0 amide bonds. The minimum atomic E-state index is -2.67. The summed E-state index contributed by atoms with van der Waals surface area (Å²) in [6.07, 6.45) is 0. The van der Waals surface area contributed by atoms with E-state index in [-0.39, 0.29) is 0 Å². The summed E-state index contributed by atoms with van der Waals surface area (Å²) in [6.45, 7) is 9.66. The number of hydrogen-bond acceptors (Lipinski definition) is 9. The minimum Gasteiger partial charge on any atom is -0.398 e. The Morgan fingerprint density at radius 1 is 0.652 bits per heavy atom. The third kappa shape index (κ3) is 635. The molecule has 0 spiro atoms. The van der Waals surface area contributed by atoms with Crippen LogP contribution < -0.4 is 5.32 Å². The number of halogens is 4. The maximum Gasteiger partial charge on any atom is 0.674 e. The summed E-state index contributed by atoms with van der Waals surface area (Å²) in [5, 5.41) is 58.8. The molecule has 0 aromatic carbocycles. The van der Waals surface area contributed by atoms with Gasteiger partial charge in [-0.3, -0.25) is 17.3 Å². The zero-order chi connectivity index (χ0) is 20.2. The maximum absolute atomic E-state index is 10.1. The minimum absolute atomic E-state index is 0.300. The second-order valence-corrected chi connectivity index (χ2v) is 4.02. The normalized spacial score (nSPS) is 8.35. The van der Waals surface area contributed by atoms with E-state index in [0.29, 0.717) is 5.54 Å². The van der Waals surface area contributed by atoms with Gasteiger partial charge in [-0.05, 0) is 27.3 Å². The van der Waals surface area contributed by atoms with Crippen LogP contribution in [0.2, 0.25) is 0 Å². The zero-order valence-corrected chi connectivity index (χ0v) is 13.1. The van der Waals surface area contributed by atoms with E-state index in [1.54, 1.807) is 0 Å². The largest absolute Gasteiger partial charge is 0.674 e. The maximum atomic E-state index is 10.1. The predicted octanol–water partition coefficient (Wildman–Crippen LogP) is -2.90. The second-order valence-electron chi connectivity index (χ2n) is 4.02. The van der Waals surface area contributed by atoms with E-state index in [0.717, 1.165) is 6.54 Å². The Bertz CT molecular complexity index is 169. The fourth-order valence-corrected chi connectivity index (χ4v) is 0.530. The molecule has 140 valence electrons. The highest BCUT2D eigenvalue weighted by molar-refractivity contribution is 6.32. The highest BCUT2D eigenvalue weighted by atomic mass is 19.1. The Hall–Kier alpha value is -0.380. The van der Waals surface area contributed by atoms with Crippen molar-refractivity contribution in [2.75, 3.05) is 6.54 Å². The van der Waals surface area contributed by atoms with E-state index in [4.69, 9.17) is 40.2 Å². The fourth-order valence-electron chi connectivity index (χ4n) is 0.530. The SMILES string of the molecule is CCNC(C)(C)C.OB(O)F.OB(O)F.OB(O)F.OB(O)F. The van der Waals surface area contributed by atoms with Crippen molar-refractivity contribution in [3.8, 4) is 0 Å². The van der Waals surface area contributed by atoms with E-state index < -0.39 is 29.6 Å². The molecule has 0 aliphatic rings. The van der Waals surface area contributed by atoms with E-state index >= 15 is 0 Å². The zero-order valence-electron chi connectivity index (χ0n) is 13.1. The summed E-state index contributed by atoms with van der Waals surface area (Å²) in [5.74, 6) is 0. The van der Waals surface area contributed by atoms with Crippen molar-refractivity contribution in [1.82, 2.24) is 5.32 Å². The second kappa shape index (κ2) is 23.9. The lowest BCUT2D eigenvalue weighted by molar-refractivity contribution is 0.338. The van der Waals surface area contributed by atoms with Gasteiger partial charge in [0, 0.05) is 5.54 Å². The fraction of sp³-hybridized carbons (Fsp3) is 1.00. The average Bonchev–Trinajstić information content (AvgIpc) is 2.09. The van der Waals surface area contributed by atoms with Crippen molar-refractivity contribution < 1.29 is 57.5 Å². The lowest BCUT2D eigenvalue weighted by atomic mass is 10.1. The van der Waals surface area contributed by atoms with Crippen molar-refractivity contribution in [2.45, 2.75) is 33.2 Å². The van der Waals surface area contributed by atoms with E-state index in [9.17, 15) is 17.3 Å². The van der Waals surface area contributed by atoms with Crippen LogP contribution >= 0.6 is 0 Å². The van der Waals surface area contributed by atoms with E-state index in [1.165, 1.54) is 0 Å². The lowest BCUT2D eigenvalue weighted by Gasteiger charge is -2.18. The molecular formula is C6H23B4F4NO8. The smallest absolute Gasteiger partial charge is 0.398 e. The third-order valence-corrected chi connectivity index (χ3v) is 0.707. The van der Waals surface area contributed by atoms with Crippen molar-refractivity contribution in [3.05, 3.63) is 0 Å². The molecule has 9 nitrogen and oxygen atoms in total. The molecule has 0 unspecified atom stereocenters. The van der Waals surface area contributed by atoms with Gasteiger partial charge in [-0.15, -0.1) is 0 Å². The van der Waals surface area contributed by atoms with Crippen molar-refractivity contribution in [2.24, 2.45) is 0 Å². The molecule has 0 saturated carbocycles.